The molecule has 0 unspecified atom stereocenters. The van der Waals surface area contributed by atoms with Crippen LogP contribution in [0.1, 0.15) is 36.7 Å². The fraction of sp³-hybridized carbons (Fsp3) is 0.286. The van der Waals surface area contributed by atoms with E-state index >= 15 is 0 Å². The molecule has 1 heterocycles. The number of aromatic amines is 1. The number of rotatable bonds is 8. The maximum atomic E-state index is 12.2. The number of benzene rings is 2. The van der Waals surface area contributed by atoms with Crippen molar-refractivity contribution in [3.05, 3.63) is 63.9 Å². The van der Waals surface area contributed by atoms with Crippen LogP contribution >= 0.6 is 27.7 Å². The molecule has 2 aromatic carbocycles. The van der Waals surface area contributed by atoms with Crippen molar-refractivity contribution in [3.8, 4) is 5.75 Å². The number of thioether (sulfide) groups is 1. The van der Waals surface area contributed by atoms with Crippen molar-refractivity contribution in [3.63, 3.8) is 0 Å². The minimum atomic E-state index is -0.103. The molecule has 0 saturated heterocycles. The Labute approximate surface area is 183 Å². The molecule has 2 N–H and O–H groups in total. The third-order valence-electron chi connectivity index (χ3n) is 4.23. The van der Waals surface area contributed by atoms with Crippen molar-refractivity contribution in [1.82, 2.24) is 15.2 Å². The molecule has 1 amide bonds. The summed E-state index contributed by atoms with van der Waals surface area (Å²) in [6.45, 7) is 6.55. The van der Waals surface area contributed by atoms with Crippen molar-refractivity contribution < 1.29 is 9.53 Å². The Morgan fingerprint density at radius 1 is 1.24 bits per heavy atom. The number of hydrogen-bond acceptors (Lipinski definition) is 5. The Morgan fingerprint density at radius 3 is 2.69 bits per heavy atom. The largest absolute Gasteiger partial charge is 0.486 e. The first-order valence-corrected chi connectivity index (χ1v) is 11.0. The molecule has 3 aromatic rings. The topological polar surface area (TPSA) is 79.9 Å². The summed E-state index contributed by atoms with van der Waals surface area (Å²) >= 11 is 4.69. The first-order valence-electron chi connectivity index (χ1n) is 9.23. The van der Waals surface area contributed by atoms with Crippen molar-refractivity contribution in [2.24, 2.45) is 0 Å². The molecule has 0 aliphatic carbocycles. The molecule has 152 valence electrons. The van der Waals surface area contributed by atoms with Gasteiger partial charge in [0, 0.05) is 10.2 Å². The first-order chi connectivity index (χ1) is 13.9. The molecule has 0 bridgehead atoms. The van der Waals surface area contributed by atoms with Crippen LogP contribution in [0, 0.1) is 6.92 Å². The summed E-state index contributed by atoms with van der Waals surface area (Å²) in [7, 11) is 0. The number of halogens is 1. The zero-order valence-electron chi connectivity index (χ0n) is 16.5. The third-order valence-corrected chi connectivity index (χ3v) is 5.57. The van der Waals surface area contributed by atoms with Crippen LogP contribution in [0.4, 0.5) is 5.69 Å². The lowest BCUT2D eigenvalue weighted by atomic mass is 10.0. The lowest BCUT2D eigenvalue weighted by Crippen LogP contribution is -2.14. The maximum Gasteiger partial charge on any atom is 0.234 e. The number of hydrogen-bond donors (Lipinski definition) is 2. The Bertz CT molecular complexity index is 973. The van der Waals surface area contributed by atoms with Crippen LogP contribution in [0.3, 0.4) is 0 Å². The number of nitrogens with zero attached hydrogens (tertiary/aromatic N) is 2. The predicted molar refractivity (Wildman–Crippen MR) is 119 cm³/mol. The monoisotopic (exact) mass is 474 g/mol. The molecular formula is C21H23BrN4O2S. The summed E-state index contributed by atoms with van der Waals surface area (Å²) in [4.78, 5) is 16.5. The van der Waals surface area contributed by atoms with Crippen molar-refractivity contribution >= 4 is 39.3 Å². The molecule has 29 heavy (non-hydrogen) atoms. The van der Waals surface area contributed by atoms with E-state index < -0.39 is 0 Å². The highest BCUT2D eigenvalue weighted by atomic mass is 79.9. The van der Waals surface area contributed by atoms with Gasteiger partial charge in [0.25, 0.3) is 0 Å². The maximum absolute atomic E-state index is 12.2. The van der Waals surface area contributed by atoms with Gasteiger partial charge in [-0.2, -0.15) is 0 Å². The van der Waals surface area contributed by atoms with Gasteiger partial charge in [-0.25, -0.2) is 4.98 Å². The smallest absolute Gasteiger partial charge is 0.234 e. The van der Waals surface area contributed by atoms with Crippen LogP contribution in [0.25, 0.3) is 0 Å². The zero-order chi connectivity index (χ0) is 20.8. The highest BCUT2D eigenvalue weighted by molar-refractivity contribution is 9.10. The quantitative estimate of drug-likeness (QED) is 0.432. The lowest BCUT2D eigenvalue weighted by molar-refractivity contribution is -0.113. The van der Waals surface area contributed by atoms with Crippen LogP contribution in [0.5, 0.6) is 5.75 Å². The number of anilines is 1. The highest BCUT2D eigenvalue weighted by Crippen LogP contribution is 2.21. The second-order valence-corrected chi connectivity index (χ2v) is 8.73. The van der Waals surface area contributed by atoms with Gasteiger partial charge in [-0.15, -0.1) is 5.10 Å². The van der Waals surface area contributed by atoms with Crippen molar-refractivity contribution in [1.29, 1.82) is 0 Å². The Morgan fingerprint density at radius 2 is 2.00 bits per heavy atom. The molecule has 0 saturated carbocycles. The molecule has 0 aliphatic rings. The van der Waals surface area contributed by atoms with E-state index in [9.17, 15) is 4.79 Å². The molecule has 8 heteroatoms. The fourth-order valence-electron chi connectivity index (χ4n) is 2.59. The standard InChI is InChI=1S/C21H23BrN4O2S/c1-13(2)15-4-7-17(8-5-15)28-11-19-24-21(26-25-19)29-12-20(27)23-18-9-6-16(22)10-14(18)3/h4-10,13H,11-12H2,1-3H3,(H,23,27)(H,24,25,26). The summed E-state index contributed by atoms with van der Waals surface area (Å²) < 4.78 is 6.72. The average molecular weight is 475 g/mol. The van der Waals surface area contributed by atoms with E-state index in [1.165, 1.54) is 17.3 Å². The molecule has 3 rings (SSSR count). The summed E-state index contributed by atoms with van der Waals surface area (Å²) in [5.74, 6) is 2.01. The minimum absolute atomic E-state index is 0.103. The number of aryl methyl sites for hydroxylation is 1. The van der Waals surface area contributed by atoms with E-state index in [2.05, 4.69) is 62.4 Å². The summed E-state index contributed by atoms with van der Waals surface area (Å²) in [5.41, 5.74) is 3.06. The molecule has 0 atom stereocenters. The molecule has 1 aromatic heterocycles. The number of amides is 1. The third kappa shape index (κ3) is 6.33. The summed E-state index contributed by atoms with van der Waals surface area (Å²) in [5, 5.41) is 10.4. The van der Waals surface area contributed by atoms with Gasteiger partial charge in [0.15, 0.2) is 5.82 Å². The SMILES string of the molecule is Cc1cc(Br)ccc1NC(=O)CSc1n[nH]c(COc2ccc(C(C)C)cc2)n1. The van der Waals surface area contributed by atoms with E-state index in [0.717, 1.165) is 21.5 Å². The van der Waals surface area contributed by atoms with E-state index in [-0.39, 0.29) is 11.7 Å². The number of carbonyl (C=O) groups is 1. The summed E-state index contributed by atoms with van der Waals surface area (Å²) in [6, 6.07) is 13.8. The molecule has 0 aliphatic heterocycles. The van der Waals surface area contributed by atoms with Crippen LogP contribution in [-0.2, 0) is 11.4 Å². The number of carbonyl (C=O) groups excluding carboxylic acids is 1. The number of H-pyrrole nitrogens is 1. The van der Waals surface area contributed by atoms with Crippen LogP contribution in [0.2, 0.25) is 0 Å². The fourth-order valence-corrected chi connectivity index (χ4v) is 3.68. The highest BCUT2D eigenvalue weighted by Gasteiger charge is 2.10. The van der Waals surface area contributed by atoms with Gasteiger partial charge in [-0.1, -0.05) is 53.7 Å². The molecule has 6 nitrogen and oxygen atoms in total. The van der Waals surface area contributed by atoms with Crippen LogP contribution < -0.4 is 10.1 Å². The first kappa shape index (κ1) is 21.4. The summed E-state index contributed by atoms with van der Waals surface area (Å²) in [6.07, 6.45) is 0. The van der Waals surface area contributed by atoms with E-state index in [1.807, 2.05) is 37.3 Å². The van der Waals surface area contributed by atoms with Crippen LogP contribution in [-0.4, -0.2) is 26.8 Å². The van der Waals surface area contributed by atoms with E-state index in [0.29, 0.717) is 23.5 Å². The Hall–Kier alpha value is -2.32. The van der Waals surface area contributed by atoms with Gasteiger partial charge in [0.05, 0.1) is 5.75 Å². The van der Waals surface area contributed by atoms with Gasteiger partial charge in [-0.3, -0.25) is 9.89 Å². The zero-order valence-corrected chi connectivity index (χ0v) is 18.9. The van der Waals surface area contributed by atoms with Gasteiger partial charge >= 0.3 is 0 Å². The van der Waals surface area contributed by atoms with Gasteiger partial charge in [-0.05, 0) is 54.3 Å². The Kier molecular flexibility index (Phi) is 7.33. The van der Waals surface area contributed by atoms with Gasteiger partial charge < -0.3 is 10.1 Å². The lowest BCUT2D eigenvalue weighted by Gasteiger charge is -2.08. The number of nitrogens with one attached hydrogen (secondary N) is 2. The molecule has 0 fully saturated rings. The number of ether oxygens (including phenoxy) is 1. The molecule has 0 spiro atoms. The van der Waals surface area contributed by atoms with Crippen molar-refractivity contribution in [2.75, 3.05) is 11.1 Å². The predicted octanol–water partition coefficient (Wildman–Crippen LogP) is 5.31. The van der Waals surface area contributed by atoms with Crippen molar-refractivity contribution in [2.45, 2.75) is 38.5 Å². The van der Waals surface area contributed by atoms with E-state index in [1.54, 1.807) is 0 Å². The second-order valence-electron chi connectivity index (χ2n) is 6.87. The van der Waals surface area contributed by atoms with Gasteiger partial charge in [0.2, 0.25) is 11.1 Å². The molecule has 0 radical (unpaired) electrons. The average Bonchev–Trinajstić information content (AvgIpc) is 3.15. The second kappa shape index (κ2) is 9.93. The molecular weight excluding hydrogens is 452 g/mol. The van der Waals surface area contributed by atoms with E-state index in [4.69, 9.17) is 4.74 Å². The minimum Gasteiger partial charge on any atom is -0.486 e. The van der Waals surface area contributed by atoms with Gasteiger partial charge in [0.1, 0.15) is 12.4 Å². The normalized spacial score (nSPS) is 10.9. The van der Waals surface area contributed by atoms with Crippen LogP contribution in [0.15, 0.2) is 52.1 Å². The Balaban J connectivity index is 1.46. The number of aromatic nitrogens is 3.